The maximum absolute atomic E-state index is 11.4. The van der Waals surface area contributed by atoms with E-state index in [1.54, 1.807) is 0 Å². The van der Waals surface area contributed by atoms with Crippen LogP contribution in [0.2, 0.25) is 0 Å². The number of H-pyrrole nitrogens is 1. The molecule has 0 radical (unpaired) electrons. The Morgan fingerprint density at radius 2 is 2.07 bits per heavy atom. The predicted molar refractivity (Wildman–Crippen MR) is 104 cm³/mol. The number of pyridine rings is 1. The summed E-state index contributed by atoms with van der Waals surface area (Å²) in [5, 5.41) is 20.7. The second-order valence-corrected chi connectivity index (χ2v) is 6.92. The van der Waals surface area contributed by atoms with Crippen LogP contribution in [0.4, 0.5) is 0 Å². The van der Waals surface area contributed by atoms with Gasteiger partial charge in [0, 0.05) is 22.9 Å². The van der Waals surface area contributed by atoms with E-state index in [1.165, 1.54) is 6.20 Å². The quantitative estimate of drug-likeness (QED) is 0.552. The summed E-state index contributed by atoms with van der Waals surface area (Å²) in [7, 11) is 0. The molecule has 29 heavy (non-hydrogen) atoms. The van der Waals surface area contributed by atoms with Gasteiger partial charge in [0.25, 0.3) is 0 Å². The van der Waals surface area contributed by atoms with Crippen molar-refractivity contribution in [1.29, 1.82) is 5.26 Å². The summed E-state index contributed by atoms with van der Waals surface area (Å²) >= 11 is 0. The Kier molecular flexibility index (Phi) is 3.85. The summed E-state index contributed by atoms with van der Waals surface area (Å²) in [6, 6.07) is 15.3. The van der Waals surface area contributed by atoms with Gasteiger partial charge in [-0.15, -0.1) is 0 Å². The molecule has 0 saturated heterocycles. The number of benzene rings is 2. The van der Waals surface area contributed by atoms with E-state index in [-0.39, 0.29) is 17.6 Å². The van der Waals surface area contributed by atoms with E-state index in [9.17, 15) is 15.2 Å². The third kappa shape index (κ3) is 2.82. The van der Waals surface area contributed by atoms with E-state index >= 15 is 0 Å². The van der Waals surface area contributed by atoms with Gasteiger partial charge >= 0.3 is 5.76 Å². The molecule has 0 unspecified atom stereocenters. The third-order valence-corrected chi connectivity index (χ3v) is 5.26. The summed E-state index contributed by atoms with van der Waals surface area (Å²) in [5.74, 6) is 0.273. The number of nitrogens with zero attached hydrogens (tertiary/aromatic N) is 2. The van der Waals surface area contributed by atoms with E-state index in [4.69, 9.17) is 9.15 Å². The zero-order valence-electron chi connectivity index (χ0n) is 15.2. The Balaban J connectivity index is 1.50. The number of fused-ring (bicyclic) bond motifs is 2. The van der Waals surface area contributed by atoms with Crippen molar-refractivity contribution >= 4 is 10.8 Å². The third-order valence-electron chi connectivity index (χ3n) is 5.26. The number of nitriles is 1. The summed E-state index contributed by atoms with van der Waals surface area (Å²) in [5.41, 5.74) is 2.55. The highest BCUT2D eigenvalue weighted by molar-refractivity contribution is 5.91. The Morgan fingerprint density at radius 3 is 2.83 bits per heavy atom. The summed E-state index contributed by atoms with van der Waals surface area (Å²) in [4.78, 5) is 17.9. The van der Waals surface area contributed by atoms with Crippen LogP contribution in [-0.4, -0.2) is 15.1 Å². The lowest BCUT2D eigenvalue weighted by Crippen LogP contribution is -1.97. The SMILES string of the molecule is N#Cc1cnc(Oc2ccc3c(c2)CC[C@H]3c2oc(=O)[nH]c2O)c2ccccc12. The molecule has 0 spiro atoms. The van der Waals surface area contributed by atoms with Crippen LogP contribution in [0.5, 0.6) is 17.5 Å². The van der Waals surface area contributed by atoms with Gasteiger partial charge in [0.05, 0.1) is 5.56 Å². The minimum absolute atomic E-state index is 0.174. The number of aromatic amines is 1. The number of aromatic nitrogens is 2. The summed E-state index contributed by atoms with van der Waals surface area (Å²) < 4.78 is 11.2. The molecule has 7 heteroatoms. The molecule has 0 bridgehead atoms. The molecule has 0 saturated carbocycles. The highest BCUT2D eigenvalue weighted by atomic mass is 16.5. The summed E-state index contributed by atoms with van der Waals surface area (Å²) in [6.07, 6.45) is 3.01. The molecule has 0 amide bonds. The van der Waals surface area contributed by atoms with Gasteiger partial charge in [0.15, 0.2) is 5.76 Å². The van der Waals surface area contributed by atoms with Gasteiger partial charge < -0.3 is 14.3 Å². The normalized spacial score (nSPS) is 15.2. The second-order valence-electron chi connectivity index (χ2n) is 6.92. The van der Waals surface area contributed by atoms with Crippen LogP contribution in [-0.2, 0) is 6.42 Å². The lowest BCUT2D eigenvalue weighted by Gasteiger charge is -2.11. The van der Waals surface area contributed by atoms with Crippen molar-refractivity contribution in [2.75, 3.05) is 0 Å². The maximum atomic E-state index is 11.4. The minimum Gasteiger partial charge on any atom is -0.492 e. The van der Waals surface area contributed by atoms with E-state index < -0.39 is 5.76 Å². The van der Waals surface area contributed by atoms with E-state index in [1.807, 2.05) is 42.5 Å². The molecule has 5 rings (SSSR count). The Morgan fingerprint density at radius 1 is 1.24 bits per heavy atom. The number of ether oxygens (including phenoxy) is 1. The Bertz CT molecular complexity index is 1350. The van der Waals surface area contributed by atoms with Gasteiger partial charge in [-0.3, -0.25) is 4.98 Å². The van der Waals surface area contributed by atoms with Crippen molar-refractivity contribution in [3.05, 3.63) is 81.7 Å². The lowest BCUT2D eigenvalue weighted by molar-refractivity contribution is 0.407. The largest absolute Gasteiger partial charge is 0.492 e. The molecule has 1 atom stereocenters. The number of hydrogen-bond acceptors (Lipinski definition) is 6. The van der Waals surface area contributed by atoms with Gasteiger partial charge in [-0.05, 0) is 42.2 Å². The van der Waals surface area contributed by atoms with Crippen LogP contribution < -0.4 is 10.5 Å². The number of aryl methyl sites for hydroxylation is 1. The van der Waals surface area contributed by atoms with Gasteiger partial charge in [-0.2, -0.15) is 5.26 Å². The van der Waals surface area contributed by atoms with Crippen LogP contribution >= 0.6 is 0 Å². The van der Waals surface area contributed by atoms with Crippen molar-refractivity contribution in [3.63, 3.8) is 0 Å². The standard InChI is InChI=1S/C22H15N3O4/c23-10-13-11-24-21(18-4-2-1-3-15(13)18)28-14-6-8-16-12(9-14)5-7-17(16)19-20(26)25-22(27)29-19/h1-4,6,8-9,11,17,26H,5,7H2,(H,25,27)/t17-/m1/s1. The van der Waals surface area contributed by atoms with E-state index in [0.717, 1.165) is 34.7 Å². The first-order valence-electron chi connectivity index (χ1n) is 9.14. The molecule has 2 N–H and O–H groups in total. The molecule has 2 heterocycles. The van der Waals surface area contributed by atoms with Crippen molar-refractivity contribution in [2.45, 2.75) is 18.8 Å². The fourth-order valence-corrected chi connectivity index (χ4v) is 3.95. The van der Waals surface area contributed by atoms with Crippen LogP contribution in [0.3, 0.4) is 0 Å². The lowest BCUT2D eigenvalue weighted by atomic mass is 9.99. The molecule has 2 aromatic carbocycles. The molecular weight excluding hydrogens is 370 g/mol. The number of nitrogens with one attached hydrogen (secondary N) is 1. The van der Waals surface area contributed by atoms with Crippen molar-refractivity contribution in [3.8, 4) is 23.6 Å². The van der Waals surface area contributed by atoms with Gasteiger partial charge in [-0.25, -0.2) is 9.78 Å². The molecule has 142 valence electrons. The molecule has 1 aliphatic carbocycles. The number of hydrogen-bond donors (Lipinski definition) is 2. The Hall–Kier alpha value is -4.05. The van der Waals surface area contributed by atoms with E-state index in [2.05, 4.69) is 16.0 Å². The number of rotatable bonds is 3. The van der Waals surface area contributed by atoms with Crippen LogP contribution in [0, 0.1) is 11.3 Å². The predicted octanol–water partition coefficient (Wildman–Crippen LogP) is 3.96. The van der Waals surface area contributed by atoms with Crippen molar-refractivity contribution in [1.82, 2.24) is 9.97 Å². The van der Waals surface area contributed by atoms with Gasteiger partial charge in [0.2, 0.25) is 11.8 Å². The number of aromatic hydroxyl groups is 1. The highest BCUT2D eigenvalue weighted by Crippen LogP contribution is 2.42. The second kappa shape index (κ2) is 6.53. The smallest absolute Gasteiger partial charge is 0.419 e. The van der Waals surface area contributed by atoms with Crippen LogP contribution in [0.1, 0.15) is 34.8 Å². The first-order valence-corrected chi connectivity index (χ1v) is 9.14. The minimum atomic E-state index is -0.662. The monoisotopic (exact) mass is 385 g/mol. The first kappa shape index (κ1) is 17.1. The van der Waals surface area contributed by atoms with Crippen LogP contribution in [0.15, 0.2) is 57.9 Å². The molecule has 7 nitrogen and oxygen atoms in total. The van der Waals surface area contributed by atoms with Crippen molar-refractivity contribution < 1.29 is 14.3 Å². The Labute approximate surface area is 164 Å². The fraction of sp³-hybridized carbons (Fsp3) is 0.136. The zero-order chi connectivity index (χ0) is 20.0. The molecule has 2 aromatic heterocycles. The molecule has 1 aliphatic rings. The van der Waals surface area contributed by atoms with Crippen LogP contribution in [0.25, 0.3) is 10.8 Å². The van der Waals surface area contributed by atoms with Crippen molar-refractivity contribution in [2.24, 2.45) is 0 Å². The van der Waals surface area contributed by atoms with E-state index in [0.29, 0.717) is 17.2 Å². The number of oxazole rings is 1. The zero-order valence-corrected chi connectivity index (χ0v) is 15.2. The summed E-state index contributed by atoms with van der Waals surface area (Å²) in [6.45, 7) is 0. The fourth-order valence-electron chi connectivity index (χ4n) is 3.95. The molecule has 4 aromatic rings. The maximum Gasteiger partial charge on any atom is 0.419 e. The molecule has 0 aliphatic heterocycles. The first-order chi connectivity index (χ1) is 14.1. The van der Waals surface area contributed by atoms with Gasteiger partial charge in [0.1, 0.15) is 11.8 Å². The average Bonchev–Trinajstić information content (AvgIpc) is 3.29. The molecular formula is C22H15N3O4. The molecule has 0 fully saturated rings. The topological polar surface area (TPSA) is 112 Å². The highest BCUT2D eigenvalue weighted by Gasteiger charge is 2.30. The average molecular weight is 385 g/mol. The van der Waals surface area contributed by atoms with Gasteiger partial charge in [-0.1, -0.05) is 24.3 Å².